The molecule has 0 aliphatic rings. The minimum absolute atomic E-state index is 0.111. The highest BCUT2D eigenvalue weighted by atomic mass is 32.2. The molecule has 8 heteroatoms. The van der Waals surface area contributed by atoms with E-state index in [1.807, 2.05) is 39.0 Å². The van der Waals surface area contributed by atoms with Gasteiger partial charge in [0.15, 0.2) is 0 Å². The number of methoxy groups -OCH3 is 1. The Morgan fingerprint density at radius 3 is 2.21 bits per heavy atom. The van der Waals surface area contributed by atoms with Crippen LogP contribution in [0.15, 0.2) is 71.6 Å². The van der Waals surface area contributed by atoms with Crippen LogP contribution in [0.1, 0.15) is 16.7 Å². The average molecular weight is 483 g/mol. The number of hydrogen-bond acceptors (Lipinski definition) is 5. The van der Waals surface area contributed by atoms with Gasteiger partial charge in [0.25, 0.3) is 10.0 Å². The molecule has 0 aromatic heterocycles. The molecular weight excluding hydrogens is 452 g/mol. The van der Waals surface area contributed by atoms with E-state index in [-0.39, 0.29) is 24.6 Å². The fraction of sp³-hybridized carbons (Fsp3) is 0.269. The summed E-state index contributed by atoms with van der Waals surface area (Å²) in [6, 6.07) is 19.0. The van der Waals surface area contributed by atoms with Crippen molar-refractivity contribution in [3.63, 3.8) is 0 Å². The van der Waals surface area contributed by atoms with Gasteiger partial charge in [0.1, 0.15) is 24.7 Å². The molecule has 0 atom stereocenters. The quantitative estimate of drug-likeness (QED) is 0.442. The Labute approximate surface area is 201 Å². The van der Waals surface area contributed by atoms with Crippen molar-refractivity contribution in [1.29, 1.82) is 0 Å². The van der Waals surface area contributed by atoms with Gasteiger partial charge >= 0.3 is 0 Å². The van der Waals surface area contributed by atoms with Crippen LogP contribution in [0.5, 0.6) is 11.5 Å². The zero-order valence-corrected chi connectivity index (χ0v) is 20.7. The Kier molecular flexibility index (Phi) is 8.17. The van der Waals surface area contributed by atoms with E-state index in [4.69, 9.17) is 9.47 Å². The maximum Gasteiger partial charge on any atom is 0.264 e. The van der Waals surface area contributed by atoms with E-state index in [2.05, 4.69) is 5.32 Å². The van der Waals surface area contributed by atoms with Crippen LogP contribution < -0.4 is 19.1 Å². The lowest BCUT2D eigenvalue weighted by molar-refractivity contribution is -0.119. The van der Waals surface area contributed by atoms with Crippen molar-refractivity contribution in [3.8, 4) is 11.5 Å². The Morgan fingerprint density at radius 2 is 1.56 bits per heavy atom. The summed E-state index contributed by atoms with van der Waals surface area (Å²) in [6.07, 6.45) is 0. The Bertz CT molecular complexity index is 1220. The van der Waals surface area contributed by atoms with E-state index in [1.165, 1.54) is 19.2 Å². The zero-order valence-electron chi connectivity index (χ0n) is 19.9. The van der Waals surface area contributed by atoms with Crippen molar-refractivity contribution in [1.82, 2.24) is 5.32 Å². The number of benzene rings is 3. The first kappa shape index (κ1) is 25.1. The summed E-state index contributed by atoms with van der Waals surface area (Å²) in [5, 5.41) is 2.75. The summed E-state index contributed by atoms with van der Waals surface area (Å²) in [5.41, 5.74) is 3.40. The second kappa shape index (κ2) is 11.1. The molecule has 0 bridgehead atoms. The molecule has 34 heavy (non-hydrogen) atoms. The fourth-order valence-corrected chi connectivity index (χ4v) is 4.72. The summed E-state index contributed by atoms with van der Waals surface area (Å²) < 4.78 is 38.9. The van der Waals surface area contributed by atoms with Crippen molar-refractivity contribution < 1.29 is 22.7 Å². The maximum absolute atomic E-state index is 13.4. The number of nitrogens with one attached hydrogen (secondary N) is 1. The fourth-order valence-electron chi connectivity index (χ4n) is 3.30. The molecule has 0 aliphatic carbocycles. The van der Waals surface area contributed by atoms with Crippen molar-refractivity contribution in [2.45, 2.75) is 25.7 Å². The number of anilines is 1. The molecule has 0 fully saturated rings. The number of carbonyl (C=O) groups excluding carboxylic acids is 1. The van der Waals surface area contributed by atoms with Gasteiger partial charge in [0.2, 0.25) is 5.91 Å². The molecule has 0 saturated carbocycles. The monoisotopic (exact) mass is 482 g/mol. The highest BCUT2D eigenvalue weighted by molar-refractivity contribution is 7.92. The van der Waals surface area contributed by atoms with E-state index < -0.39 is 15.9 Å². The molecule has 0 saturated heterocycles. The Hall–Kier alpha value is -3.52. The van der Waals surface area contributed by atoms with E-state index in [1.54, 1.807) is 36.4 Å². The number of hydrogen-bond donors (Lipinski definition) is 1. The molecule has 0 radical (unpaired) electrons. The van der Waals surface area contributed by atoms with Crippen LogP contribution in [0.25, 0.3) is 0 Å². The van der Waals surface area contributed by atoms with Crippen LogP contribution in [0.2, 0.25) is 0 Å². The molecule has 0 heterocycles. The number of nitrogens with zero attached hydrogens (tertiary/aromatic N) is 1. The lowest BCUT2D eigenvalue weighted by Crippen LogP contribution is -2.41. The predicted octanol–water partition coefficient (Wildman–Crippen LogP) is 4.01. The van der Waals surface area contributed by atoms with Crippen LogP contribution in [0.3, 0.4) is 0 Å². The van der Waals surface area contributed by atoms with Gasteiger partial charge in [-0.1, -0.05) is 29.8 Å². The van der Waals surface area contributed by atoms with Crippen LogP contribution in [0.4, 0.5) is 5.69 Å². The van der Waals surface area contributed by atoms with Crippen LogP contribution in [0, 0.1) is 20.8 Å². The van der Waals surface area contributed by atoms with E-state index in [0.717, 1.165) is 26.7 Å². The molecule has 3 rings (SSSR count). The molecule has 3 aromatic rings. The topological polar surface area (TPSA) is 84.9 Å². The molecule has 7 nitrogen and oxygen atoms in total. The molecule has 0 unspecified atom stereocenters. The Balaban J connectivity index is 1.72. The maximum atomic E-state index is 13.4. The predicted molar refractivity (Wildman–Crippen MR) is 133 cm³/mol. The Morgan fingerprint density at radius 1 is 0.912 bits per heavy atom. The highest BCUT2D eigenvalue weighted by Crippen LogP contribution is 2.26. The van der Waals surface area contributed by atoms with Gasteiger partial charge in [0, 0.05) is 0 Å². The lowest BCUT2D eigenvalue weighted by atomic mass is 10.1. The molecule has 1 amide bonds. The van der Waals surface area contributed by atoms with E-state index in [0.29, 0.717) is 11.4 Å². The third-order valence-electron chi connectivity index (χ3n) is 5.28. The second-order valence-electron chi connectivity index (χ2n) is 7.99. The van der Waals surface area contributed by atoms with Crippen LogP contribution >= 0.6 is 0 Å². The number of aryl methyl sites for hydroxylation is 3. The van der Waals surface area contributed by atoms with Crippen molar-refractivity contribution in [2.24, 2.45) is 0 Å². The lowest BCUT2D eigenvalue weighted by Gasteiger charge is -2.24. The summed E-state index contributed by atoms with van der Waals surface area (Å²) in [7, 11) is -2.44. The smallest absolute Gasteiger partial charge is 0.264 e. The molecule has 0 aliphatic heterocycles. The number of rotatable bonds is 10. The van der Waals surface area contributed by atoms with Gasteiger partial charge < -0.3 is 14.8 Å². The summed E-state index contributed by atoms with van der Waals surface area (Å²) in [6.45, 7) is 5.96. The molecule has 3 aromatic carbocycles. The molecule has 180 valence electrons. The third-order valence-corrected chi connectivity index (χ3v) is 7.07. The summed E-state index contributed by atoms with van der Waals surface area (Å²) in [5.74, 6) is 0.914. The number of sulfonamides is 1. The minimum Gasteiger partial charge on any atom is -0.497 e. The van der Waals surface area contributed by atoms with Crippen molar-refractivity contribution >= 4 is 21.6 Å². The van der Waals surface area contributed by atoms with Gasteiger partial charge in [-0.15, -0.1) is 0 Å². The van der Waals surface area contributed by atoms with Gasteiger partial charge in [-0.2, -0.15) is 0 Å². The largest absolute Gasteiger partial charge is 0.497 e. The number of carbonyl (C=O) groups is 1. The average Bonchev–Trinajstić information content (AvgIpc) is 2.82. The van der Waals surface area contributed by atoms with Crippen LogP contribution in [-0.2, 0) is 14.8 Å². The standard InChI is InChI=1S/C26H30N2O5S/c1-19-6-13-24(14-7-19)34(30,31)28(22-9-11-23(32-4)12-10-22)18-26(29)27-15-16-33-25-17-20(2)5-8-21(25)3/h5-14,17H,15-16,18H2,1-4H3,(H,27,29). The SMILES string of the molecule is COc1ccc(N(CC(=O)NCCOc2cc(C)ccc2C)S(=O)(=O)c2ccc(C)cc2)cc1. The minimum atomic E-state index is -3.97. The first-order valence-electron chi connectivity index (χ1n) is 10.9. The molecular formula is C26H30N2O5S. The molecule has 1 N–H and O–H groups in total. The molecule has 0 spiro atoms. The highest BCUT2D eigenvalue weighted by Gasteiger charge is 2.27. The van der Waals surface area contributed by atoms with Gasteiger partial charge in [0.05, 0.1) is 24.2 Å². The first-order chi connectivity index (χ1) is 16.2. The second-order valence-corrected chi connectivity index (χ2v) is 9.85. The number of ether oxygens (including phenoxy) is 2. The van der Waals surface area contributed by atoms with Crippen LogP contribution in [-0.4, -0.2) is 41.1 Å². The van der Waals surface area contributed by atoms with Gasteiger partial charge in [-0.25, -0.2) is 8.42 Å². The van der Waals surface area contributed by atoms with Crippen molar-refractivity contribution in [2.75, 3.05) is 31.1 Å². The van der Waals surface area contributed by atoms with Gasteiger partial charge in [-0.05, 0) is 74.4 Å². The normalized spacial score (nSPS) is 11.1. The van der Waals surface area contributed by atoms with Crippen molar-refractivity contribution in [3.05, 3.63) is 83.4 Å². The third kappa shape index (κ3) is 6.29. The van der Waals surface area contributed by atoms with E-state index in [9.17, 15) is 13.2 Å². The summed E-state index contributed by atoms with van der Waals surface area (Å²) >= 11 is 0. The number of amides is 1. The summed E-state index contributed by atoms with van der Waals surface area (Å²) in [4.78, 5) is 12.8. The first-order valence-corrected chi connectivity index (χ1v) is 12.3. The van der Waals surface area contributed by atoms with E-state index >= 15 is 0 Å². The van der Waals surface area contributed by atoms with Gasteiger partial charge in [-0.3, -0.25) is 9.10 Å². The zero-order chi connectivity index (χ0) is 24.7.